The third kappa shape index (κ3) is 2.70. The SMILES string of the molecule is CC(NC(=O)C1CC1c1ccccc1F)c1ccc2c(c1)OCO2. The lowest BCUT2D eigenvalue weighted by Gasteiger charge is -2.15. The second kappa shape index (κ2) is 5.82. The van der Waals surface area contributed by atoms with Gasteiger partial charge in [-0.2, -0.15) is 0 Å². The van der Waals surface area contributed by atoms with Crippen molar-refractivity contribution in [1.29, 1.82) is 0 Å². The zero-order chi connectivity index (χ0) is 16.7. The summed E-state index contributed by atoms with van der Waals surface area (Å²) in [6.07, 6.45) is 0.695. The van der Waals surface area contributed by atoms with E-state index in [9.17, 15) is 9.18 Å². The molecule has 5 heteroatoms. The molecule has 4 rings (SSSR count). The number of halogens is 1. The van der Waals surface area contributed by atoms with Gasteiger partial charge in [0.05, 0.1) is 6.04 Å². The van der Waals surface area contributed by atoms with E-state index in [-0.39, 0.29) is 36.4 Å². The van der Waals surface area contributed by atoms with E-state index in [1.54, 1.807) is 18.2 Å². The summed E-state index contributed by atoms with van der Waals surface area (Å²) in [6, 6.07) is 12.2. The van der Waals surface area contributed by atoms with Crippen molar-refractivity contribution in [3.63, 3.8) is 0 Å². The molecule has 1 aliphatic heterocycles. The van der Waals surface area contributed by atoms with Gasteiger partial charge in [-0.15, -0.1) is 0 Å². The molecule has 2 aromatic rings. The predicted octanol–water partition coefficient (Wildman–Crippen LogP) is 3.54. The molecule has 0 spiro atoms. The molecule has 0 bridgehead atoms. The van der Waals surface area contributed by atoms with Crippen LogP contribution in [0.25, 0.3) is 0 Å². The van der Waals surface area contributed by atoms with E-state index in [4.69, 9.17) is 9.47 Å². The molecule has 1 heterocycles. The molecule has 1 N–H and O–H groups in total. The summed E-state index contributed by atoms with van der Waals surface area (Å²) < 4.78 is 24.5. The molecule has 1 amide bonds. The highest BCUT2D eigenvalue weighted by Gasteiger charge is 2.45. The smallest absolute Gasteiger partial charge is 0.231 e. The van der Waals surface area contributed by atoms with E-state index < -0.39 is 0 Å². The molecule has 24 heavy (non-hydrogen) atoms. The first-order valence-corrected chi connectivity index (χ1v) is 8.08. The fourth-order valence-corrected chi connectivity index (χ4v) is 3.19. The highest BCUT2D eigenvalue weighted by atomic mass is 19.1. The van der Waals surface area contributed by atoms with E-state index in [0.717, 1.165) is 11.3 Å². The van der Waals surface area contributed by atoms with Crippen molar-refractivity contribution in [2.24, 2.45) is 5.92 Å². The van der Waals surface area contributed by atoms with Crippen LogP contribution in [0.15, 0.2) is 42.5 Å². The third-order valence-electron chi connectivity index (χ3n) is 4.69. The summed E-state index contributed by atoms with van der Waals surface area (Å²) in [6.45, 7) is 2.15. The Balaban J connectivity index is 1.41. The summed E-state index contributed by atoms with van der Waals surface area (Å²) in [4.78, 5) is 12.4. The van der Waals surface area contributed by atoms with Crippen LogP contribution in [0.3, 0.4) is 0 Å². The van der Waals surface area contributed by atoms with Crippen LogP contribution in [-0.4, -0.2) is 12.7 Å². The van der Waals surface area contributed by atoms with Gasteiger partial charge in [0.1, 0.15) is 5.82 Å². The Labute approximate surface area is 139 Å². The van der Waals surface area contributed by atoms with E-state index in [2.05, 4.69) is 5.32 Å². The van der Waals surface area contributed by atoms with Crippen LogP contribution in [0.1, 0.15) is 36.4 Å². The molecule has 0 saturated heterocycles. The standard InChI is InChI=1S/C19H18FNO3/c1-11(12-6-7-17-18(8-12)24-10-23-17)21-19(22)15-9-14(15)13-4-2-3-5-16(13)20/h2-8,11,14-15H,9-10H2,1H3,(H,21,22). The zero-order valence-corrected chi connectivity index (χ0v) is 13.3. The van der Waals surface area contributed by atoms with Gasteiger partial charge in [0, 0.05) is 5.92 Å². The van der Waals surface area contributed by atoms with Crippen LogP contribution in [-0.2, 0) is 4.79 Å². The summed E-state index contributed by atoms with van der Waals surface area (Å²) >= 11 is 0. The monoisotopic (exact) mass is 327 g/mol. The maximum Gasteiger partial charge on any atom is 0.231 e. The van der Waals surface area contributed by atoms with Crippen molar-refractivity contribution in [1.82, 2.24) is 5.32 Å². The molecule has 1 fully saturated rings. The molecule has 3 atom stereocenters. The fourth-order valence-electron chi connectivity index (χ4n) is 3.19. The van der Waals surface area contributed by atoms with E-state index in [1.807, 2.05) is 25.1 Å². The number of benzene rings is 2. The van der Waals surface area contributed by atoms with Gasteiger partial charge in [-0.1, -0.05) is 24.3 Å². The molecular formula is C19H18FNO3. The maximum atomic E-state index is 13.8. The lowest BCUT2D eigenvalue weighted by atomic mass is 10.1. The molecule has 124 valence electrons. The van der Waals surface area contributed by atoms with Gasteiger partial charge in [0.2, 0.25) is 12.7 Å². The number of hydrogen-bond acceptors (Lipinski definition) is 3. The van der Waals surface area contributed by atoms with Crippen LogP contribution in [0.4, 0.5) is 4.39 Å². The first-order chi connectivity index (χ1) is 11.6. The van der Waals surface area contributed by atoms with Gasteiger partial charge in [-0.05, 0) is 48.6 Å². The van der Waals surface area contributed by atoms with Gasteiger partial charge in [0.15, 0.2) is 11.5 Å². The van der Waals surface area contributed by atoms with Crippen molar-refractivity contribution < 1.29 is 18.7 Å². The van der Waals surface area contributed by atoms with E-state index in [0.29, 0.717) is 17.7 Å². The van der Waals surface area contributed by atoms with Gasteiger partial charge in [0.25, 0.3) is 0 Å². The Kier molecular flexibility index (Phi) is 3.63. The zero-order valence-electron chi connectivity index (χ0n) is 13.3. The van der Waals surface area contributed by atoms with Crippen LogP contribution >= 0.6 is 0 Å². The number of rotatable bonds is 4. The summed E-state index contributed by atoms with van der Waals surface area (Å²) in [5.74, 6) is 0.979. The van der Waals surface area contributed by atoms with Crippen molar-refractivity contribution in [2.45, 2.75) is 25.3 Å². The Bertz CT molecular complexity index is 792. The lowest BCUT2D eigenvalue weighted by Crippen LogP contribution is -2.28. The maximum absolute atomic E-state index is 13.8. The fraction of sp³-hybridized carbons (Fsp3) is 0.316. The Morgan fingerprint density at radius 2 is 2.00 bits per heavy atom. The van der Waals surface area contributed by atoms with Crippen LogP contribution in [0.5, 0.6) is 11.5 Å². The number of hydrogen-bond donors (Lipinski definition) is 1. The average Bonchev–Trinajstić information content (AvgIpc) is 3.24. The second-order valence-electron chi connectivity index (χ2n) is 6.31. The number of amides is 1. The Morgan fingerprint density at radius 1 is 1.21 bits per heavy atom. The molecule has 0 aromatic heterocycles. The number of ether oxygens (including phenoxy) is 2. The lowest BCUT2D eigenvalue weighted by molar-refractivity contribution is -0.123. The van der Waals surface area contributed by atoms with Crippen LogP contribution in [0, 0.1) is 11.7 Å². The minimum absolute atomic E-state index is 0.0184. The second-order valence-corrected chi connectivity index (χ2v) is 6.31. The van der Waals surface area contributed by atoms with E-state index >= 15 is 0 Å². The largest absolute Gasteiger partial charge is 0.454 e. The van der Waals surface area contributed by atoms with Crippen molar-refractivity contribution in [3.8, 4) is 11.5 Å². The first-order valence-electron chi connectivity index (χ1n) is 8.08. The van der Waals surface area contributed by atoms with E-state index in [1.165, 1.54) is 6.07 Å². The molecule has 4 nitrogen and oxygen atoms in total. The van der Waals surface area contributed by atoms with Crippen molar-refractivity contribution >= 4 is 5.91 Å². The molecule has 0 radical (unpaired) electrons. The van der Waals surface area contributed by atoms with Crippen LogP contribution < -0.4 is 14.8 Å². The highest BCUT2D eigenvalue weighted by molar-refractivity contribution is 5.83. The summed E-state index contributed by atoms with van der Waals surface area (Å²) in [7, 11) is 0. The Morgan fingerprint density at radius 3 is 2.83 bits per heavy atom. The molecule has 3 unspecified atom stereocenters. The van der Waals surface area contributed by atoms with Gasteiger partial charge < -0.3 is 14.8 Å². The Hall–Kier alpha value is -2.56. The topological polar surface area (TPSA) is 47.6 Å². The normalized spacial score (nSPS) is 22.1. The minimum atomic E-state index is -0.235. The van der Waals surface area contributed by atoms with Gasteiger partial charge >= 0.3 is 0 Å². The number of nitrogens with one attached hydrogen (secondary N) is 1. The van der Waals surface area contributed by atoms with Crippen molar-refractivity contribution in [2.75, 3.05) is 6.79 Å². The molecule has 2 aromatic carbocycles. The minimum Gasteiger partial charge on any atom is -0.454 e. The first kappa shape index (κ1) is 15.0. The molecular weight excluding hydrogens is 309 g/mol. The highest BCUT2D eigenvalue weighted by Crippen LogP contribution is 2.48. The predicted molar refractivity (Wildman–Crippen MR) is 86.4 cm³/mol. The number of carbonyl (C=O) groups is 1. The number of carbonyl (C=O) groups excluding carboxylic acids is 1. The summed E-state index contributed by atoms with van der Waals surface area (Å²) in [5.41, 5.74) is 1.59. The number of fused-ring (bicyclic) bond motifs is 1. The quantitative estimate of drug-likeness (QED) is 0.934. The summed E-state index contributed by atoms with van der Waals surface area (Å²) in [5, 5.41) is 3.01. The molecule has 1 saturated carbocycles. The average molecular weight is 327 g/mol. The molecule has 1 aliphatic carbocycles. The third-order valence-corrected chi connectivity index (χ3v) is 4.69. The molecule has 2 aliphatic rings. The van der Waals surface area contributed by atoms with Gasteiger partial charge in [-0.25, -0.2) is 4.39 Å². The van der Waals surface area contributed by atoms with Gasteiger partial charge in [-0.3, -0.25) is 4.79 Å². The van der Waals surface area contributed by atoms with Crippen molar-refractivity contribution in [3.05, 3.63) is 59.4 Å². The van der Waals surface area contributed by atoms with Crippen LogP contribution in [0.2, 0.25) is 0 Å².